The van der Waals surface area contributed by atoms with E-state index >= 15 is 0 Å². The number of nitrogens with one attached hydrogen (secondary N) is 1. The molecule has 1 aliphatic carbocycles. The Balaban J connectivity index is 1.74. The predicted octanol–water partition coefficient (Wildman–Crippen LogP) is 1.69. The second-order valence-electron chi connectivity index (χ2n) is 4.41. The molecule has 1 saturated carbocycles. The Morgan fingerprint density at radius 1 is 1.35 bits per heavy atom. The fourth-order valence-electron chi connectivity index (χ4n) is 1.63. The smallest absolute Gasteiger partial charge is 0.249 e. The van der Waals surface area contributed by atoms with Crippen molar-refractivity contribution in [1.29, 1.82) is 0 Å². The van der Waals surface area contributed by atoms with Crippen molar-refractivity contribution in [1.82, 2.24) is 20.5 Å². The molecule has 0 amide bonds. The Morgan fingerprint density at radius 3 is 3.00 bits per heavy atom. The maximum absolute atomic E-state index is 5.58. The van der Waals surface area contributed by atoms with Crippen LogP contribution in [0.4, 0.5) is 0 Å². The first-order valence-corrected chi connectivity index (χ1v) is 5.79. The molecular formula is C12H14N4O. The fraction of sp³-hybridized carbons (Fsp3) is 0.417. The Morgan fingerprint density at radius 2 is 2.24 bits per heavy atom. The van der Waals surface area contributed by atoms with Gasteiger partial charge in [-0.25, -0.2) is 0 Å². The molecule has 2 aromatic heterocycles. The number of pyridine rings is 1. The van der Waals surface area contributed by atoms with Crippen molar-refractivity contribution in [2.75, 3.05) is 0 Å². The number of nitrogens with zero attached hydrogens (tertiary/aromatic N) is 3. The number of aryl methyl sites for hydroxylation is 1. The zero-order valence-corrected chi connectivity index (χ0v) is 9.68. The lowest BCUT2D eigenvalue weighted by atomic mass is 10.2. The molecule has 2 heterocycles. The van der Waals surface area contributed by atoms with Crippen molar-refractivity contribution in [2.45, 2.75) is 32.4 Å². The van der Waals surface area contributed by atoms with Gasteiger partial charge < -0.3 is 9.73 Å². The molecule has 0 bridgehead atoms. The molecular weight excluding hydrogens is 216 g/mol. The second kappa shape index (κ2) is 4.25. The van der Waals surface area contributed by atoms with E-state index < -0.39 is 0 Å². The molecule has 1 N–H and O–H groups in total. The predicted molar refractivity (Wildman–Crippen MR) is 62.1 cm³/mol. The Bertz CT molecular complexity index is 519. The van der Waals surface area contributed by atoms with Gasteiger partial charge in [0.15, 0.2) is 0 Å². The Hall–Kier alpha value is -1.75. The summed E-state index contributed by atoms with van der Waals surface area (Å²) in [5.74, 6) is 1.17. The first-order valence-electron chi connectivity index (χ1n) is 5.79. The lowest BCUT2D eigenvalue weighted by Gasteiger charge is -1.97. The van der Waals surface area contributed by atoms with E-state index in [0.717, 1.165) is 11.1 Å². The summed E-state index contributed by atoms with van der Waals surface area (Å²) >= 11 is 0. The molecule has 0 saturated heterocycles. The Kier molecular flexibility index (Phi) is 2.60. The van der Waals surface area contributed by atoms with Crippen LogP contribution in [0.1, 0.15) is 24.3 Å². The van der Waals surface area contributed by atoms with E-state index in [1.807, 2.05) is 13.0 Å². The monoisotopic (exact) mass is 230 g/mol. The number of hydrogen-bond acceptors (Lipinski definition) is 5. The number of hydrogen-bond donors (Lipinski definition) is 1. The van der Waals surface area contributed by atoms with Gasteiger partial charge in [0.25, 0.3) is 0 Å². The lowest BCUT2D eigenvalue weighted by molar-refractivity contribution is 0.476. The standard InChI is InChI=1S/C12H14N4O/c1-8-4-9(6-13-5-8)12-16-15-11(17-12)7-14-10-2-3-10/h4-6,10,14H,2-3,7H2,1H3. The summed E-state index contributed by atoms with van der Waals surface area (Å²) in [4.78, 5) is 4.11. The third-order valence-electron chi connectivity index (χ3n) is 2.71. The third kappa shape index (κ3) is 2.50. The van der Waals surface area contributed by atoms with Crippen molar-refractivity contribution in [2.24, 2.45) is 0 Å². The molecule has 2 aromatic rings. The molecule has 1 aliphatic rings. The normalized spacial score (nSPS) is 15.1. The molecule has 0 aliphatic heterocycles. The van der Waals surface area contributed by atoms with Gasteiger partial charge in [0.1, 0.15) is 0 Å². The maximum atomic E-state index is 5.58. The topological polar surface area (TPSA) is 63.8 Å². The fourth-order valence-corrected chi connectivity index (χ4v) is 1.63. The lowest BCUT2D eigenvalue weighted by Crippen LogP contribution is -2.15. The highest BCUT2D eigenvalue weighted by atomic mass is 16.4. The van der Waals surface area contributed by atoms with Crippen LogP contribution in [0.25, 0.3) is 11.5 Å². The van der Waals surface area contributed by atoms with E-state index in [2.05, 4.69) is 20.5 Å². The summed E-state index contributed by atoms with van der Waals surface area (Å²) in [7, 11) is 0. The third-order valence-corrected chi connectivity index (χ3v) is 2.71. The zero-order chi connectivity index (χ0) is 11.7. The SMILES string of the molecule is Cc1cncc(-c2nnc(CNC3CC3)o2)c1. The van der Waals surface area contributed by atoms with Crippen LogP contribution in [0.5, 0.6) is 0 Å². The minimum absolute atomic E-state index is 0.536. The first-order chi connectivity index (χ1) is 8.31. The maximum Gasteiger partial charge on any atom is 0.249 e. The van der Waals surface area contributed by atoms with E-state index in [1.165, 1.54) is 12.8 Å². The largest absolute Gasteiger partial charge is 0.419 e. The highest BCUT2D eigenvalue weighted by Crippen LogP contribution is 2.20. The van der Waals surface area contributed by atoms with Crippen molar-refractivity contribution in [3.8, 4) is 11.5 Å². The minimum atomic E-state index is 0.536. The molecule has 17 heavy (non-hydrogen) atoms. The van der Waals surface area contributed by atoms with Gasteiger partial charge in [0, 0.05) is 18.4 Å². The van der Waals surface area contributed by atoms with Crippen molar-refractivity contribution in [3.63, 3.8) is 0 Å². The second-order valence-corrected chi connectivity index (χ2v) is 4.41. The summed E-state index contributed by atoms with van der Waals surface area (Å²) in [5.41, 5.74) is 1.95. The molecule has 0 spiro atoms. The minimum Gasteiger partial charge on any atom is -0.419 e. The highest BCUT2D eigenvalue weighted by molar-refractivity contribution is 5.51. The van der Waals surface area contributed by atoms with Crippen molar-refractivity contribution >= 4 is 0 Å². The average Bonchev–Trinajstić information content (AvgIpc) is 3.04. The molecule has 5 nitrogen and oxygen atoms in total. The highest BCUT2D eigenvalue weighted by Gasteiger charge is 2.21. The quantitative estimate of drug-likeness (QED) is 0.866. The van der Waals surface area contributed by atoms with Gasteiger partial charge >= 0.3 is 0 Å². The van der Waals surface area contributed by atoms with Crippen LogP contribution in [0.15, 0.2) is 22.9 Å². The summed E-state index contributed by atoms with van der Waals surface area (Å²) in [6, 6.07) is 2.63. The van der Waals surface area contributed by atoms with Gasteiger partial charge in [-0.1, -0.05) is 0 Å². The van der Waals surface area contributed by atoms with Gasteiger partial charge in [-0.2, -0.15) is 0 Å². The van der Waals surface area contributed by atoms with Crippen LogP contribution < -0.4 is 5.32 Å². The molecule has 1 fully saturated rings. The van der Waals surface area contributed by atoms with E-state index in [1.54, 1.807) is 12.4 Å². The summed E-state index contributed by atoms with van der Waals surface area (Å²) in [6.07, 6.45) is 6.04. The van der Waals surface area contributed by atoms with Crippen LogP contribution in [0.3, 0.4) is 0 Å². The van der Waals surface area contributed by atoms with Crippen LogP contribution in [-0.4, -0.2) is 21.2 Å². The first kappa shape index (κ1) is 10.4. The van der Waals surface area contributed by atoms with Crippen LogP contribution >= 0.6 is 0 Å². The van der Waals surface area contributed by atoms with E-state index in [-0.39, 0.29) is 0 Å². The molecule has 5 heteroatoms. The molecule has 0 radical (unpaired) electrons. The van der Waals surface area contributed by atoms with Gasteiger partial charge in [-0.15, -0.1) is 10.2 Å². The molecule has 88 valence electrons. The molecule has 0 atom stereocenters. The van der Waals surface area contributed by atoms with Gasteiger partial charge in [0.05, 0.1) is 12.1 Å². The van der Waals surface area contributed by atoms with E-state index in [9.17, 15) is 0 Å². The number of aromatic nitrogens is 3. The molecule has 3 rings (SSSR count). The van der Waals surface area contributed by atoms with Gasteiger partial charge in [0.2, 0.25) is 11.8 Å². The summed E-state index contributed by atoms with van der Waals surface area (Å²) in [6.45, 7) is 2.64. The van der Waals surface area contributed by atoms with Crippen molar-refractivity contribution in [3.05, 3.63) is 29.9 Å². The zero-order valence-electron chi connectivity index (χ0n) is 9.68. The van der Waals surface area contributed by atoms with Crippen LogP contribution in [-0.2, 0) is 6.54 Å². The van der Waals surface area contributed by atoms with Gasteiger partial charge in [-0.05, 0) is 31.4 Å². The van der Waals surface area contributed by atoms with Crippen molar-refractivity contribution < 1.29 is 4.42 Å². The molecule has 0 aromatic carbocycles. The van der Waals surface area contributed by atoms with E-state index in [4.69, 9.17) is 4.42 Å². The van der Waals surface area contributed by atoms with Crippen LogP contribution in [0.2, 0.25) is 0 Å². The average molecular weight is 230 g/mol. The summed E-state index contributed by atoms with van der Waals surface area (Å²) < 4.78 is 5.58. The van der Waals surface area contributed by atoms with Crippen LogP contribution in [0, 0.1) is 6.92 Å². The number of rotatable bonds is 4. The van der Waals surface area contributed by atoms with Gasteiger partial charge in [-0.3, -0.25) is 4.98 Å². The van der Waals surface area contributed by atoms with E-state index in [0.29, 0.717) is 24.4 Å². The Labute approximate surface area is 99.3 Å². The summed E-state index contributed by atoms with van der Waals surface area (Å²) in [5, 5.41) is 11.4. The molecule has 0 unspecified atom stereocenters.